The summed E-state index contributed by atoms with van der Waals surface area (Å²) in [6, 6.07) is 4.81. The largest absolute Gasteiger partial charge is 0.441 e. The van der Waals surface area contributed by atoms with Crippen LogP contribution >= 0.6 is 11.8 Å². The zero-order valence-electron chi connectivity index (χ0n) is 9.54. The first kappa shape index (κ1) is 14.6. The van der Waals surface area contributed by atoms with Gasteiger partial charge in [0.15, 0.2) is 0 Å². The van der Waals surface area contributed by atoms with Crippen LogP contribution in [0.4, 0.5) is 19.0 Å². The number of carbonyl (C=O) groups is 1. The van der Waals surface area contributed by atoms with E-state index in [1.54, 1.807) is 19.2 Å². The lowest BCUT2D eigenvalue weighted by atomic mass is 10.3. The molecule has 1 aromatic heterocycles. The van der Waals surface area contributed by atoms with Gasteiger partial charge in [0, 0.05) is 19.3 Å². The number of carbonyl (C=O) groups excluding carboxylic acids is 1. The van der Waals surface area contributed by atoms with E-state index in [1.807, 2.05) is 0 Å². The molecule has 0 aromatic carbocycles. The van der Waals surface area contributed by atoms with Gasteiger partial charge in [0.1, 0.15) is 11.5 Å². The number of halogens is 3. The summed E-state index contributed by atoms with van der Waals surface area (Å²) in [5.41, 5.74) is -4.10. The molecule has 100 valence electrons. The van der Waals surface area contributed by atoms with E-state index in [0.717, 1.165) is 0 Å². The second-order valence-corrected chi connectivity index (χ2v) is 4.37. The van der Waals surface area contributed by atoms with Gasteiger partial charge < -0.3 is 10.6 Å². The highest BCUT2D eigenvalue weighted by Gasteiger charge is 2.27. The predicted molar refractivity (Wildman–Crippen MR) is 64.6 cm³/mol. The smallest absolute Gasteiger partial charge is 0.373 e. The molecule has 0 saturated heterocycles. The number of thioether (sulfide) groups is 1. The quantitative estimate of drug-likeness (QED) is 0.811. The van der Waals surface area contributed by atoms with Crippen molar-refractivity contribution < 1.29 is 18.0 Å². The summed E-state index contributed by atoms with van der Waals surface area (Å²) in [6.45, 7) is -0.0610. The molecule has 0 aliphatic carbocycles. The van der Waals surface area contributed by atoms with Gasteiger partial charge in [-0.15, -0.1) is 0 Å². The average Bonchev–Trinajstić information content (AvgIpc) is 2.33. The van der Waals surface area contributed by atoms with E-state index in [9.17, 15) is 18.0 Å². The van der Waals surface area contributed by atoms with Gasteiger partial charge in [-0.1, -0.05) is 6.07 Å². The van der Waals surface area contributed by atoms with E-state index in [0.29, 0.717) is 5.82 Å². The normalized spacial score (nSPS) is 11.1. The molecule has 1 heterocycles. The zero-order valence-corrected chi connectivity index (χ0v) is 10.4. The fourth-order valence-electron chi connectivity index (χ4n) is 1.12. The Bertz CT molecular complexity index is 412. The lowest BCUT2D eigenvalue weighted by molar-refractivity contribution is -0.0327. The van der Waals surface area contributed by atoms with Crippen LogP contribution in [0.2, 0.25) is 0 Å². The molecule has 4 nitrogen and oxygen atoms in total. The van der Waals surface area contributed by atoms with Crippen molar-refractivity contribution in [2.75, 3.05) is 24.7 Å². The van der Waals surface area contributed by atoms with Gasteiger partial charge in [-0.05, 0) is 23.9 Å². The maximum atomic E-state index is 11.8. The third-order valence-electron chi connectivity index (χ3n) is 1.89. The molecule has 0 atom stereocenters. The molecule has 8 heteroatoms. The molecule has 0 bridgehead atoms. The highest BCUT2D eigenvalue weighted by molar-refractivity contribution is 8.00. The summed E-state index contributed by atoms with van der Waals surface area (Å²) < 4.78 is 35.5. The van der Waals surface area contributed by atoms with Crippen molar-refractivity contribution in [2.45, 2.75) is 5.51 Å². The highest BCUT2D eigenvalue weighted by atomic mass is 32.2. The second-order valence-electron chi connectivity index (χ2n) is 3.21. The number of nitrogens with zero attached hydrogens (tertiary/aromatic N) is 1. The van der Waals surface area contributed by atoms with E-state index < -0.39 is 11.4 Å². The summed E-state index contributed by atoms with van der Waals surface area (Å²) in [4.78, 5) is 15.5. The van der Waals surface area contributed by atoms with Gasteiger partial charge in [-0.25, -0.2) is 4.98 Å². The molecule has 1 amide bonds. The Balaban J connectivity index is 2.41. The van der Waals surface area contributed by atoms with E-state index >= 15 is 0 Å². The Morgan fingerprint density at radius 3 is 2.78 bits per heavy atom. The van der Waals surface area contributed by atoms with Gasteiger partial charge in [0.05, 0.1) is 0 Å². The Labute approximate surface area is 106 Å². The summed E-state index contributed by atoms with van der Waals surface area (Å²) in [7, 11) is 1.66. The number of nitrogens with one attached hydrogen (secondary N) is 2. The van der Waals surface area contributed by atoms with Crippen LogP contribution in [-0.4, -0.2) is 35.7 Å². The van der Waals surface area contributed by atoms with Crippen LogP contribution in [0, 0.1) is 0 Å². The summed E-state index contributed by atoms with van der Waals surface area (Å²) >= 11 is -0.169. The number of pyridine rings is 1. The molecule has 1 aromatic rings. The van der Waals surface area contributed by atoms with Crippen molar-refractivity contribution >= 4 is 23.5 Å². The first-order valence-electron chi connectivity index (χ1n) is 5.06. The predicted octanol–water partition coefficient (Wildman–Crippen LogP) is 2.11. The highest BCUT2D eigenvalue weighted by Crippen LogP contribution is 2.29. The van der Waals surface area contributed by atoms with Gasteiger partial charge in [-0.2, -0.15) is 13.2 Å². The number of alkyl halides is 3. The molecular formula is C10H12F3N3OS. The summed E-state index contributed by atoms with van der Waals surface area (Å²) in [5.74, 6) is -0.191. The van der Waals surface area contributed by atoms with Crippen LogP contribution in [0.1, 0.15) is 10.5 Å². The van der Waals surface area contributed by atoms with Gasteiger partial charge in [0.25, 0.3) is 5.91 Å². The van der Waals surface area contributed by atoms with Crippen LogP contribution in [-0.2, 0) is 0 Å². The molecule has 2 N–H and O–H groups in total. The van der Waals surface area contributed by atoms with Crippen LogP contribution in [0.3, 0.4) is 0 Å². The van der Waals surface area contributed by atoms with Crippen LogP contribution < -0.4 is 10.6 Å². The third-order valence-corrected chi connectivity index (χ3v) is 2.63. The molecule has 0 unspecified atom stereocenters. The Morgan fingerprint density at radius 2 is 2.17 bits per heavy atom. The molecule has 0 aliphatic heterocycles. The third kappa shape index (κ3) is 5.26. The van der Waals surface area contributed by atoms with Gasteiger partial charge in [-0.3, -0.25) is 4.79 Å². The average molecular weight is 279 g/mol. The van der Waals surface area contributed by atoms with Crippen LogP contribution in [0.5, 0.6) is 0 Å². The number of hydrogen-bond donors (Lipinski definition) is 2. The number of amides is 1. The topological polar surface area (TPSA) is 54.0 Å². The van der Waals surface area contributed by atoms with Gasteiger partial charge in [0.2, 0.25) is 0 Å². The Morgan fingerprint density at radius 1 is 1.44 bits per heavy atom. The number of aromatic nitrogens is 1. The first-order chi connectivity index (χ1) is 8.42. The van der Waals surface area contributed by atoms with E-state index in [2.05, 4.69) is 15.6 Å². The van der Waals surface area contributed by atoms with Crippen molar-refractivity contribution in [3.63, 3.8) is 0 Å². The maximum absolute atomic E-state index is 11.8. The maximum Gasteiger partial charge on any atom is 0.441 e. The molecule has 0 spiro atoms. The molecule has 18 heavy (non-hydrogen) atoms. The molecule has 0 fully saturated rings. The lowest BCUT2D eigenvalue weighted by Crippen LogP contribution is -2.27. The molecule has 0 saturated carbocycles. The standard InChI is InChI=1S/C10H12F3N3OS/c1-14-8-4-2-3-7(16-8)9(17)15-5-6-18-10(11,12)13/h2-4H,5-6H2,1H3,(H,14,16)(H,15,17). The van der Waals surface area contributed by atoms with Crippen molar-refractivity contribution in [1.29, 1.82) is 0 Å². The SMILES string of the molecule is CNc1cccc(C(=O)NCCSC(F)(F)F)n1. The minimum atomic E-state index is -4.27. The number of anilines is 1. The minimum absolute atomic E-state index is 0.0610. The Kier molecular flexibility index (Phi) is 5.26. The first-order valence-corrected chi connectivity index (χ1v) is 6.04. The van der Waals surface area contributed by atoms with Crippen molar-refractivity contribution in [1.82, 2.24) is 10.3 Å². The van der Waals surface area contributed by atoms with E-state index in [1.165, 1.54) is 6.07 Å². The fourth-order valence-corrected chi connectivity index (χ4v) is 1.56. The van der Waals surface area contributed by atoms with Crippen LogP contribution in [0.25, 0.3) is 0 Å². The van der Waals surface area contributed by atoms with Crippen molar-refractivity contribution in [3.05, 3.63) is 23.9 Å². The number of rotatable bonds is 5. The molecule has 0 aliphatic rings. The van der Waals surface area contributed by atoms with E-state index in [-0.39, 0.29) is 29.8 Å². The molecular weight excluding hydrogens is 267 g/mol. The monoisotopic (exact) mass is 279 g/mol. The minimum Gasteiger partial charge on any atom is -0.373 e. The van der Waals surface area contributed by atoms with Crippen molar-refractivity contribution in [3.8, 4) is 0 Å². The zero-order chi connectivity index (χ0) is 13.6. The van der Waals surface area contributed by atoms with E-state index in [4.69, 9.17) is 0 Å². The number of hydrogen-bond acceptors (Lipinski definition) is 4. The summed E-state index contributed by atoms with van der Waals surface area (Å²) in [5, 5.41) is 5.14. The molecule has 0 radical (unpaired) electrons. The lowest BCUT2D eigenvalue weighted by Gasteiger charge is -2.07. The second kappa shape index (κ2) is 6.48. The Hall–Kier alpha value is -1.44. The summed E-state index contributed by atoms with van der Waals surface area (Å²) in [6.07, 6.45) is 0. The van der Waals surface area contributed by atoms with Crippen molar-refractivity contribution in [2.24, 2.45) is 0 Å². The molecule has 1 rings (SSSR count). The van der Waals surface area contributed by atoms with Gasteiger partial charge >= 0.3 is 5.51 Å². The van der Waals surface area contributed by atoms with Crippen LogP contribution in [0.15, 0.2) is 18.2 Å². The fraction of sp³-hybridized carbons (Fsp3) is 0.400.